The molecule has 9 aromatic carbocycles. The van der Waals surface area contributed by atoms with Crippen LogP contribution in [-0.4, -0.2) is 9.55 Å². The molecule has 10 rings (SSSR count). The molecule has 0 aliphatic heterocycles. The van der Waals surface area contributed by atoms with Crippen molar-refractivity contribution in [2.45, 2.75) is 0 Å². The van der Waals surface area contributed by atoms with Crippen LogP contribution in [0, 0.1) is 0 Å². The van der Waals surface area contributed by atoms with Crippen molar-refractivity contribution < 1.29 is 0 Å². The lowest BCUT2D eigenvalue weighted by molar-refractivity contribution is 1.10. The Morgan fingerprint density at radius 2 is 0.830 bits per heavy atom. The third-order valence-corrected chi connectivity index (χ3v) is 10.4. The maximum Gasteiger partial charge on any atom is 0.145 e. The smallest absolute Gasteiger partial charge is 0.145 e. The number of hydrogen-bond acceptors (Lipinski definition) is 1. The zero-order chi connectivity index (χ0) is 35.1. The molecule has 248 valence electrons. The minimum atomic E-state index is 0.920. The molecule has 0 unspecified atom stereocenters. The van der Waals surface area contributed by atoms with Gasteiger partial charge in [0, 0.05) is 11.3 Å². The van der Waals surface area contributed by atoms with Gasteiger partial charge in [-0.05, 0) is 96.4 Å². The Balaban J connectivity index is 1.21. The number of imidazole rings is 1. The normalized spacial score (nSPS) is 11.4. The maximum atomic E-state index is 5.41. The molecule has 0 aliphatic rings. The molecule has 0 bridgehead atoms. The summed E-state index contributed by atoms with van der Waals surface area (Å²) in [5, 5.41) is 4.92. The second-order valence-electron chi connectivity index (χ2n) is 13.5. The zero-order valence-corrected chi connectivity index (χ0v) is 29.0. The molecule has 2 nitrogen and oxygen atoms in total. The molecule has 0 aliphatic carbocycles. The highest BCUT2D eigenvalue weighted by molar-refractivity contribution is 6.22. The average Bonchev–Trinajstić information content (AvgIpc) is 3.63. The SMILES string of the molecule is c1ccc(-c2cccc(-c3nc4cc(-c5c6ccccc6c(-c6ccccc6-c6ccccc6)c6ccccc56)ccc4n3-c3ccccc3)c2)cc1. The lowest BCUT2D eigenvalue weighted by Gasteiger charge is -2.19. The molecule has 0 N–H and O–H groups in total. The Labute approximate surface area is 308 Å². The van der Waals surface area contributed by atoms with E-state index >= 15 is 0 Å². The predicted molar refractivity (Wildman–Crippen MR) is 223 cm³/mol. The van der Waals surface area contributed by atoms with E-state index in [1.54, 1.807) is 0 Å². The van der Waals surface area contributed by atoms with Gasteiger partial charge in [0.05, 0.1) is 11.0 Å². The number of fused-ring (bicyclic) bond motifs is 3. The fourth-order valence-electron chi connectivity index (χ4n) is 8.04. The van der Waals surface area contributed by atoms with Gasteiger partial charge in [0.15, 0.2) is 0 Å². The molecule has 53 heavy (non-hydrogen) atoms. The lowest BCUT2D eigenvalue weighted by atomic mass is 9.84. The first-order valence-electron chi connectivity index (χ1n) is 18.1. The Hall–Kier alpha value is -7.03. The van der Waals surface area contributed by atoms with E-state index in [9.17, 15) is 0 Å². The third-order valence-electron chi connectivity index (χ3n) is 10.4. The fourth-order valence-corrected chi connectivity index (χ4v) is 8.04. The number of rotatable bonds is 6. The van der Waals surface area contributed by atoms with E-state index in [0.29, 0.717) is 0 Å². The van der Waals surface area contributed by atoms with Crippen LogP contribution in [0.5, 0.6) is 0 Å². The number of aromatic nitrogens is 2. The number of benzene rings is 9. The van der Waals surface area contributed by atoms with E-state index in [4.69, 9.17) is 4.98 Å². The van der Waals surface area contributed by atoms with Gasteiger partial charge in [-0.3, -0.25) is 4.57 Å². The third kappa shape index (κ3) is 5.32. The predicted octanol–water partition coefficient (Wildman–Crippen LogP) is 13.7. The summed E-state index contributed by atoms with van der Waals surface area (Å²) in [5.74, 6) is 0.920. The van der Waals surface area contributed by atoms with E-state index < -0.39 is 0 Å². The molecule has 0 atom stereocenters. The second kappa shape index (κ2) is 12.9. The number of hydrogen-bond donors (Lipinski definition) is 0. The van der Waals surface area contributed by atoms with Crippen molar-refractivity contribution in [2.75, 3.05) is 0 Å². The van der Waals surface area contributed by atoms with Crippen LogP contribution in [0.2, 0.25) is 0 Å². The summed E-state index contributed by atoms with van der Waals surface area (Å²) in [6.07, 6.45) is 0. The zero-order valence-electron chi connectivity index (χ0n) is 29.0. The average molecular weight is 675 g/mol. The second-order valence-corrected chi connectivity index (χ2v) is 13.5. The van der Waals surface area contributed by atoms with E-state index in [1.165, 1.54) is 60.5 Å². The van der Waals surface area contributed by atoms with E-state index in [-0.39, 0.29) is 0 Å². The molecule has 0 saturated heterocycles. The van der Waals surface area contributed by atoms with Gasteiger partial charge in [0.25, 0.3) is 0 Å². The van der Waals surface area contributed by atoms with Crippen molar-refractivity contribution in [3.63, 3.8) is 0 Å². The van der Waals surface area contributed by atoms with Crippen molar-refractivity contribution >= 4 is 32.6 Å². The van der Waals surface area contributed by atoms with E-state index in [2.05, 4.69) is 211 Å². The summed E-state index contributed by atoms with van der Waals surface area (Å²) in [5.41, 5.74) is 13.8. The van der Waals surface area contributed by atoms with Crippen molar-refractivity contribution in [3.8, 4) is 61.6 Å². The Kier molecular flexibility index (Phi) is 7.51. The summed E-state index contributed by atoms with van der Waals surface area (Å²) < 4.78 is 2.29. The van der Waals surface area contributed by atoms with Crippen LogP contribution in [0.3, 0.4) is 0 Å². The quantitative estimate of drug-likeness (QED) is 0.161. The first kappa shape index (κ1) is 30.8. The molecule has 10 aromatic rings. The molecule has 2 heteroatoms. The largest absolute Gasteiger partial charge is 0.292 e. The topological polar surface area (TPSA) is 17.8 Å². The minimum absolute atomic E-state index is 0.920. The van der Waals surface area contributed by atoms with Crippen molar-refractivity contribution in [3.05, 3.63) is 206 Å². The van der Waals surface area contributed by atoms with Gasteiger partial charge in [0.2, 0.25) is 0 Å². The van der Waals surface area contributed by atoms with Crippen LogP contribution in [0.25, 0.3) is 94.2 Å². The molecule has 0 spiro atoms. The van der Waals surface area contributed by atoms with Crippen LogP contribution < -0.4 is 0 Å². The first-order valence-corrected chi connectivity index (χ1v) is 18.1. The maximum absolute atomic E-state index is 5.41. The molecule has 1 heterocycles. The summed E-state index contributed by atoms with van der Waals surface area (Å²) >= 11 is 0. The Bertz CT molecular complexity index is 2870. The van der Waals surface area contributed by atoms with Gasteiger partial charge in [0.1, 0.15) is 5.82 Å². The number of para-hydroxylation sites is 1. The summed E-state index contributed by atoms with van der Waals surface area (Å²) in [6, 6.07) is 73.9. The highest BCUT2D eigenvalue weighted by atomic mass is 15.1. The van der Waals surface area contributed by atoms with Gasteiger partial charge < -0.3 is 0 Å². The molecular formula is C51H34N2. The number of nitrogens with zero attached hydrogens (tertiary/aromatic N) is 2. The van der Waals surface area contributed by atoms with Gasteiger partial charge in [-0.15, -0.1) is 0 Å². The summed E-state index contributed by atoms with van der Waals surface area (Å²) in [4.78, 5) is 5.41. The Morgan fingerprint density at radius 1 is 0.321 bits per heavy atom. The molecule has 0 fully saturated rings. The monoisotopic (exact) mass is 674 g/mol. The molecule has 0 radical (unpaired) electrons. The van der Waals surface area contributed by atoms with Crippen LogP contribution in [0.4, 0.5) is 0 Å². The standard InChI is InChI=1S/C51H34N2/c1-4-17-35(18-5-1)37-21-16-22-39(33-37)51-52-47-34-38(31-32-48(47)53(51)40-23-8-3-9-24-40)49-43-27-12-14-29-45(43)50(46-30-15-13-28-44(46)49)42-26-11-10-25-41(42)36-19-6-2-7-20-36/h1-34H. The molecule has 1 aromatic heterocycles. The van der Waals surface area contributed by atoms with Crippen LogP contribution >= 0.6 is 0 Å². The molecule has 0 amide bonds. The van der Waals surface area contributed by atoms with E-state index in [1.807, 2.05) is 0 Å². The summed E-state index contributed by atoms with van der Waals surface area (Å²) in [7, 11) is 0. The van der Waals surface area contributed by atoms with Crippen molar-refractivity contribution in [1.82, 2.24) is 9.55 Å². The van der Waals surface area contributed by atoms with Gasteiger partial charge in [-0.2, -0.15) is 0 Å². The highest BCUT2D eigenvalue weighted by Gasteiger charge is 2.21. The lowest BCUT2D eigenvalue weighted by Crippen LogP contribution is -1.97. The Morgan fingerprint density at radius 3 is 1.49 bits per heavy atom. The first-order chi connectivity index (χ1) is 26.3. The molecule has 0 saturated carbocycles. The molecular weight excluding hydrogens is 641 g/mol. The van der Waals surface area contributed by atoms with Crippen LogP contribution in [0.1, 0.15) is 0 Å². The van der Waals surface area contributed by atoms with Crippen molar-refractivity contribution in [1.29, 1.82) is 0 Å². The van der Waals surface area contributed by atoms with Crippen molar-refractivity contribution in [2.24, 2.45) is 0 Å². The van der Waals surface area contributed by atoms with E-state index in [0.717, 1.165) is 33.7 Å². The van der Waals surface area contributed by atoms with Crippen LogP contribution in [-0.2, 0) is 0 Å². The van der Waals surface area contributed by atoms with Crippen LogP contribution in [0.15, 0.2) is 206 Å². The fraction of sp³-hybridized carbons (Fsp3) is 0. The van der Waals surface area contributed by atoms with Gasteiger partial charge in [-0.1, -0.05) is 176 Å². The minimum Gasteiger partial charge on any atom is -0.292 e. The van der Waals surface area contributed by atoms with Gasteiger partial charge >= 0.3 is 0 Å². The highest BCUT2D eigenvalue weighted by Crippen LogP contribution is 2.46. The summed E-state index contributed by atoms with van der Waals surface area (Å²) in [6.45, 7) is 0. The van der Waals surface area contributed by atoms with Gasteiger partial charge in [-0.25, -0.2) is 4.98 Å².